The zero-order chi connectivity index (χ0) is 8.44. The molecule has 0 aromatic rings. The molecular formula is C9H18N2S. The van der Waals surface area contributed by atoms with Crippen LogP contribution in [0.1, 0.15) is 19.3 Å². The first-order valence-electron chi connectivity index (χ1n) is 4.89. The quantitative estimate of drug-likeness (QED) is 0.610. The molecule has 2 aliphatic heterocycles. The Labute approximate surface area is 79.1 Å². The lowest BCUT2D eigenvalue weighted by molar-refractivity contribution is 0.165. The summed E-state index contributed by atoms with van der Waals surface area (Å²) in [5.74, 6) is 1.35. The van der Waals surface area contributed by atoms with Crippen molar-refractivity contribution in [2.24, 2.45) is 0 Å². The van der Waals surface area contributed by atoms with Crippen molar-refractivity contribution < 1.29 is 0 Å². The van der Waals surface area contributed by atoms with Gasteiger partial charge in [0.15, 0.2) is 0 Å². The van der Waals surface area contributed by atoms with Crippen LogP contribution in [0.3, 0.4) is 0 Å². The van der Waals surface area contributed by atoms with Gasteiger partial charge in [-0.05, 0) is 45.2 Å². The van der Waals surface area contributed by atoms with Crippen LogP contribution >= 0.6 is 11.8 Å². The van der Waals surface area contributed by atoms with Crippen LogP contribution in [0.2, 0.25) is 0 Å². The largest absolute Gasteiger partial charge is 0.314 e. The highest BCUT2D eigenvalue weighted by molar-refractivity contribution is 8.00. The van der Waals surface area contributed by atoms with Crippen LogP contribution < -0.4 is 5.32 Å². The third kappa shape index (κ3) is 1.50. The highest BCUT2D eigenvalue weighted by Crippen LogP contribution is 2.38. The summed E-state index contributed by atoms with van der Waals surface area (Å²) in [4.78, 5) is 3.00. The monoisotopic (exact) mass is 186 g/mol. The molecule has 2 fully saturated rings. The van der Waals surface area contributed by atoms with Crippen molar-refractivity contribution in [2.45, 2.75) is 24.1 Å². The Morgan fingerprint density at radius 3 is 3.00 bits per heavy atom. The first kappa shape index (κ1) is 8.85. The van der Waals surface area contributed by atoms with E-state index in [1.807, 2.05) is 0 Å². The molecule has 0 bridgehead atoms. The third-order valence-corrected chi connectivity index (χ3v) is 4.72. The Hall–Kier alpha value is 0.270. The number of hydrogen-bond acceptors (Lipinski definition) is 3. The highest BCUT2D eigenvalue weighted by atomic mass is 32.2. The Morgan fingerprint density at radius 1 is 1.42 bits per heavy atom. The van der Waals surface area contributed by atoms with Gasteiger partial charge in [0.05, 0.1) is 4.87 Å². The Morgan fingerprint density at radius 2 is 2.33 bits per heavy atom. The van der Waals surface area contributed by atoms with Crippen molar-refractivity contribution in [1.29, 1.82) is 0 Å². The Bertz CT molecular complexity index is 146. The molecule has 0 aromatic carbocycles. The summed E-state index contributed by atoms with van der Waals surface area (Å²) in [5.41, 5.74) is 0. The maximum atomic E-state index is 3.51. The van der Waals surface area contributed by atoms with Crippen LogP contribution in [0.15, 0.2) is 0 Å². The van der Waals surface area contributed by atoms with Crippen molar-refractivity contribution in [3.63, 3.8) is 0 Å². The summed E-state index contributed by atoms with van der Waals surface area (Å²) in [5, 5.41) is 3.51. The molecule has 0 aliphatic carbocycles. The van der Waals surface area contributed by atoms with Crippen LogP contribution in [-0.4, -0.2) is 42.2 Å². The predicted molar refractivity (Wildman–Crippen MR) is 54.5 cm³/mol. The maximum Gasteiger partial charge on any atom is 0.0793 e. The van der Waals surface area contributed by atoms with Gasteiger partial charge in [-0.1, -0.05) is 0 Å². The number of likely N-dealkylation sites (N-methyl/N-ethyl adjacent to an activating group) is 1. The van der Waals surface area contributed by atoms with Crippen LogP contribution in [0, 0.1) is 0 Å². The summed E-state index contributed by atoms with van der Waals surface area (Å²) in [7, 11) is 2.28. The molecule has 3 heteroatoms. The summed E-state index contributed by atoms with van der Waals surface area (Å²) in [6.07, 6.45) is 4.08. The number of nitrogens with one attached hydrogen (secondary N) is 1. The fraction of sp³-hybridized carbons (Fsp3) is 1.00. The smallest absolute Gasteiger partial charge is 0.0793 e. The lowest BCUT2D eigenvalue weighted by Crippen LogP contribution is -2.56. The molecule has 2 heterocycles. The average Bonchev–Trinajstić information content (AvgIpc) is 2.12. The zero-order valence-electron chi connectivity index (χ0n) is 7.81. The fourth-order valence-electron chi connectivity index (χ4n) is 2.19. The molecule has 12 heavy (non-hydrogen) atoms. The molecule has 70 valence electrons. The van der Waals surface area contributed by atoms with Crippen LogP contribution in [0.25, 0.3) is 0 Å². The van der Waals surface area contributed by atoms with E-state index in [1.54, 1.807) is 0 Å². The van der Waals surface area contributed by atoms with Gasteiger partial charge in [0.25, 0.3) is 0 Å². The second kappa shape index (κ2) is 3.56. The lowest BCUT2D eigenvalue weighted by Gasteiger charge is -2.47. The van der Waals surface area contributed by atoms with Gasteiger partial charge in [0.1, 0.15) is 0 Å². The van der Waals surface area contributed by atoms with Crippen LogP contribution in [-0.2, 0) is 0 Å². The van der Waals surface area contributed by atoms with E-state index in [-0.39, 0.29) is 0 Å². The number of hydrogen-bond donors (Lipinski definition) is 1. The van der Waals surface area contributed by atoms with E-state index in [0.29, 0.717) is 4.87 Å². The van der Waals surface area contributed by atoms with Gasteiger partial charge < -0.3 is 5.32 Å². The maximum absolute atomic E-state index is 3.51. The zero-order valence-corrected chi connectivity index (χ0v) is 8.62. The SMILES string of the molecule is CN1CCCSC12CCCNC2. The van der Waals surface area contributed by atoms with Gasteiger partial charge in [0, 0.05) is 6.54 Å². The van der Waals surface area contributed by atoms with Crippen molar-refractivity contribution in [2.75, 3.05) is 32.4 Å². The van der Waals surface area contributed by atoms with E-state index in [9.17, 15) is 0 Å². The van der Waals surface area contributed by atoms with E-state index in [1.165, 1.54) is 44.6 Å². The molecule has 0 aromatic heterocycles. The molecule has 1 atom stereocenters. The van der Waals surface area contributed by atoms with Gasteiger partial charge in [-0.3, -0.25) is 4.90 Å². The molecule has 2 aliphatic rings. The average molecular weight is 186 g/mol. The highest BCUT2D eigenvalue weighted by Gasteiger charge is 2.38. The molecule has 0 amide bonds. The third-order valence-electron chi connectivity index (χ3n) is 3.03. The Kier molecular flexibility index (Phi) is 2.63. The Balaban J connectivity index is 2.04. The van der Waals surface area contributed by atoms with Crippen LogP contribution in [0.4, 0.5) is 0 Å². The summed E-state index contributed by atoms with van der Waals surface area (Å²) in [6, 6.07) is 0. The van der Waals surface area contributed by atoms with E-state index in [4.69, 9.17) is 0 Å². The standard InChI is InChI=1S/C9H18N2S/c1-11-6-3-7-12-9(11)4-2-5-10-8-9/h10H,2-8H2,1H3. The van der Waals surface area contributed by atoms with Crippen molar-refractivity contribution >= 4 is 11.8 Å². The molecule has 1 N–H and O–H groups in total. The number of nitrogens with zero attached hydrogens (tertiary/aromatic N) is 1. The molecule has 1 spiro atoms. The van der Waals surface area contributed by atoms with Gasteiger partial charge in [-0.15, -0.1) is 11.8 Å². The molecule has 0 radical (unpaired) electrons. The van der Waals surface area contributed by atoms with Gasteiger partial charge in [-0.25, -0.2) is 0 Å². The molecule has 2 nitrogen and oxygen atoms in total. The molecule has 2 rings (SSSR count). The van der Waals surface area contributed by atoms with Gasteiger partial charge in [0.2, 0.25) is 0 Å². The molecule has 1 unspecified atom stereocenters. The van der Waals surface area contributed by atoms with E-state index in [0.717, 1.165) is 0 Å². The summed E-state index contributed by atoms with van der Waals surface area (Å²) in [6.45, 7) is 3.69. The summed E-state index contributed by atoms with van der Waals surface area (Å²) >= 11 is 2.16. The first-order chi connectivity index (χ1) is 5.83. The number of rotatable bonds is 0. The van der Waals surface area contributed by atoms with E-state index >= 15 is 0 Å². The first-order valence-corrected chi connectivity index (χ1v) is 5.88. The minimum atomic E-state index is 0.455. The second-order valence-corrected chi connectivity index (χ2v) is 5.31. The normalized spacial score (nSPS) is 38.8. The second-order valence-electron chi connectivity index (χ2n) is 3.85. The molecular weight excluding hydrogens is 168 g/mol. The van der Waals surface area contributed by atoms with E-state index < -0.39 is 0 Å². The minimum Gasteiger partial charge on any atom is -0.314 e. The van der Waals surface area contributed by atoms with Crippen molar-refractivity contribution in [3.05, 3.63) is 0 Å². The van der Waals surface area contributed by atoms with Gasteiger partial charge in [-0.2, -0.15) is 0 Å². The predicted octanol–water partition coefficient (Wildman–Crippen LogP) is 1.13. The van der Waals surface area contributed by atoms with Crippen molar-refractivity contribution in [3.8, 4) is 0 Å². The lowest BCUT2D eigenvalue weighted by atomic mass is 10.1. The molecule has 0 saturated carbocycles. The van der Waals surface area contributed by atoms with Crippen molar-refractivity contribution in [1.82, 2.24) is 10.2 Å². The topological polar surface area (TPSA) is 15.3 Å². The minimum absolute atomic E-state index is 0.455. The summed E-state index contributed by atoms with van der Waals surface area (Å²) < 4.78 is 0. The number of piperidine rings is 1. The van der Waals surface area contributed by atoms with Gasteiger partial charge >= 0.3 is 0 Å². The van der Waals surface area contributed by atoms with Crippen LogP contribution in [0.5, 0.6) is 0 Å². The molecule has 2 saturated heterocycles. The number of thioether (sulfide) groups is 1. The van der Waals surface area contributed by atoms with E-state index in [2.05, 4.69) is 29.0 Å². The fourth-order valence-corrected chi connectivity index (χ4v) is 3.65.